The molecule has 0 unspecified atom stereocenters. The van der Waals surface area contributed by atoms with E-state index in [1.807, 2.05) is 31.2 Å². The summed E-state index contributed by atoms with van der Waals surface area (Å²) in [6, 6.07) is 7.45. The van der Waals surface area contributed by atoms with Crippen LogP contribution < -0.4 is 10.5 Å². The highest BCUT2D eigenvalue weighted by Gasteiger charge is 2.35. The smallest absolute Gasteiger partial charge is 0.227 e. The Morgan fingerprint density at radius 2 is 1.91 bits per heavy atom. The number of carbonyl (C=O) groups is 2. The van der Waals surface area contributed by atoms with Crippen molar-refractivity contribution in [3.05, 3.63) is 29.8 Å². The van der Waals surface area contributed by atoms with Gasteiger partial charge < -0.3 is 20.1 Å². The molecule has 6 heteroatoms. The van der Waals surface area contributed by atoms with E-state index in [-0.39, 0.29) is 23.7 Å². The largest absolute Gasteiger partial charge is 0.491 e. The molecule has 0 spiro atoms. The van der Waals surface area contributed by atoms with E-state index in [9.17, 15) is 9.59 Å². The van der Waals surface area contributed by atoms with Gasteiger partial charge in [0.2, 0.25) is 11.8 Å². The molecule has 1 saturated heterocycles. The minimum Gasteiger partial charge on any atom is -0.491 e. The SMILES string of the molecule is COCCOc1ccc(CC(=O)N2C[C@@H](C)[C@H](C(N)=O)C2)cc1. The third-order valence-electron chi connectivity index (χ3n) is 4.17. The molecular formula is C17H24N2O4. The summed E-state index contributed by atoms with van der Waals surface area (Å²) >= 11 is 0. The predicted molar refractivity (Wildman–Crippen MR) is 85.9 cm³/mol. The first-order valence-electron chi connectivity index (χ1n) is 7.79. The van der Waals surface area contributed by atoms with Crippen LogP contribution in [-0.4, -0.2) is 50.1 Å². The van der Waals surface area contributed by atoms with Crippen molar-refractivity contribution in [2.45, 2.75) is 13.3 Å². The first-order chi connectivity index (χ1) is 11.0. The van der Waals surface area contributed by atoms with Gasteiger partial charge in [-0.1, -0.05) is 19.1 Å². The Morgan fingerprint density at radius 1 is 1.22 bits per heavy atom. The van der Waals surface area contributed by atoms with Gasteiger partial charge in [-0.25, -0.2) is 0 Å². The van der Waals surface area contributed by atoms with Crippen LogP contribution in [0.5, 0.6) is 5.75 Å². The third-order valence-corrected chi connectivity index (χ3v) is 4.17. The maximum atomic E-state index is 12.4. The van der Waals surface area contributed by atoms with Crippen molar-refractivity contribution in [3.63, 3.8) is 0 Å². The molecule has 0 radical (unpaired) electrons. The van der Waals surface area contributed by atoms with Crippen LogP contribution >= 0.6 is 0 Å². The molecule has 2 rings (SSSR count). The minimum atomic E-state index is -0.328. The number of hydrogen-bond donors (Lipinski definition) is 1. The van der Waals surface area contributed by atoms with Crippen molar-refractivity contribution >= 4 is 11.8 Å². The summed E-state index contributed by atoms with van der Waals surface area (Å²) in [6.07, 6.45) is 0.316. The predicted octanol–water partition coefficient (Wildman–Crippen LogP) is 0.834. The third kappa shape index (κ3) is 4.69. The van der Waals surface area contributed by atoms with Crippen LogP contribution in [-0.2, 0) is 20.7 Å². The Hall–Kier alpha value is -2.08. The van der Waals surface area contributed by atoms with Crippen LogP contribution in [0.2, 0.25) is 0 Å². The summed E-state index contributed by atoms with van der Waals surface area (Å²) in [7, 11) is 1.63. The molecule has 1 aromatic carbocycles. The second-order valence-corrected chi connectivity index (χ2v) is 5.95. The van der Waals surface area contributed by atoms with Gasteiger partial charge in [0.1, 0.15) is 12.4 Å². The van der Waals surface area contributed by atoms with E-state index >= 15 is 0 Å². The normalized spacial score (nSPS) is 20.5. The summed E-state index contributed by atoms with van der Waals surface area (Å²) in [6.45, 7) is 4.00. The molecule has 126 valence electrons. The molecule has 1 heterocycles. The van der Waals surface area contributed by atoms with Crippen LogP contribution in [0.3, 0.4) is 0 Å². The van der Waals surface area contributed by atoms with Crippen LogP contribution in [0.25, 0.3) is 0 Å². The number of likely N-dealkylation sites (tertiary alicyclic amines) is 1. The first kappa shape index (κ1) is 17.3. The summed E-state index contributed by atoms with van der Waals surface area (Å²) in [5.41, 5.74) is 6.29. The van der Waals surface area contributed by atoms with E-state index in [1.54, 1.807) is 12.0 Å². The number of methoxy groups -OCH3 is 1. The Kier molecular flexibility index (Phi) is 5.98. The van der Waals surface area contributed by atoms with Gasteiger partial charge in [-0.3, -0.25) is 9.59 Å². The highest BCUT2D eigenvalue weighted by atomic mass is 16.5. The fourth-order valence-corrected chi connectivity index (χ4v) is 2.77. The molecule has 0 aromatic heterocycles. The van der Waals surface area contributed by atoms with Gasteiger partial charge in [0, 0.05) is 20.2 Å². The molecule has 1 aliphatic rings. The van der Waals surface area contributed by atoms with Crippen LogP contribution in [0, 0.1) is 11.8 Å². The second kappa shape index (κ2) is 7.97. The lowest BCUT2D eigenvalue weighted by atomic mass is 9.98. The molecule has 2 atom stereocenters. The van der Waals surface area contributed by atoms with Gasteiger partial charge in [0.15, 0.2) is 0 Å². The number of rotatable bonds is 7. The Bertz CT molecular complexity index is 544. The van der Waals surface area contributed by atoms with Crippen LogP contribution in [0.15, 0.2) is 24.3 Å². The molecule has 1 fully saturated rings. The van der Waals surface area contributed by atoms with Gasteiger partial charge in [0.25, 0.3) is 0 Å². The van der Waals surface area contributed by atoms with Gasteiger partial charge in [-0.15, -0.1) is 0 Å². The Labute approximate surface area is 136 Å². The topological polar surface area (TPSA) is 81.9 Å². The summed E-state index contributed by atoms with van der Waals surface area (Å²) < 4.78 is 10.4. The molecule has 1 aromatic rings. The van der Waals surface area contributed by atoms with E-state index in [0.29, 0.717) is 32.7 Å². The first-order valence-corrected chi connectivity index (χ1v) is 7.79. The van der Waals surface area contributed by atoms with E-state index in [4.69, 9.17) is 15.2 Å². The number of benzene rings is 1. The van der Waals surface area contributed by atoms with E-state index in [0.717, 1.165) is 11.3 Å². The monoisotopic (exact) mass is 320 g/mol. The molecule has 0 saturated carbocycles. The van der Waals surface area contributed by atoms with Crippen LogP contribution in [0.1, 0.15) is 12.5 Å². The maximum absolute atomic E-state index is 12.4. The molecule has 0 aliphatic carbocycles. The molecule has 0 bridgehead atoms. The lowest BCUT2D eigenvalue weighted by Crippen LogP contribution is -2.32. The van der Waals surface area contributed by atoms with Crippen molar-refractivity contribution in [1.29, 1.82) is 0 Å². The molecule has 23 heavy (non-hydrogen) atoms. The Morgan fingerprint density at radius 3 is 2.48 bits per heavy atom. The summed E-state index contributed by atoms with van der Waals surface area (Å²) in [5, 5.41) is 0. The molecule has 2 amide bonds. The number of nitrogens with two attached hydrogens (primary N) is 1. The zero-order valence-corrected chi connectivity index (χ0v) is 13.7. The van der Waals surface area contributed by atoms with Crippen molar-refractivity contribution in [2.24, 2.45) is 17.6 Å². The lowest BCUT2D eigenvalue weighted by molar-refractivity contribution is -0.129. The summed E-state index contributed by atoms with van der Waals surface area (Å²) in [4.78, 5) is 25.4. The summed E-state index contributed by atoms with van der Waals surface area (Å²) in [5.74, 6) is 0.323. The van der Waals surface area contributed by atoms with Crippen molar-refractivity contribution in [1.82, 2.24) is 4.90 Å². The Balaban J connectivity index is 1.87. The molecule has 2 N–H and O–H groups in total. The average Bonchev–Trinajstić information content (AvgIpc) is 2.91. The highest BCUT2D eigenvalue weighted by Crippen LogP contribution is 2.23. The van der Waals surface area contributed by atoms with Gasteiger partial charge >= 0.3 is 0 Å². The minimum absolute atomic E-state index is 0.0219. The lowest BCUT2D eigenvalue weighted by Gasteiger charge is -2.16. The van der Waals surface area contributed by atoms with Crippen molar-refractivity contribution in [3.8, 4) is 5.75 Å². The zero-order chi connectivity index (χ0) is 16.8. The standard InChI is InChI=1S/C17H24N2O4/c1-12-10-19(11-15(12)17(18)21)16(20)9-13-3-5-14(6-4-13)23-8-7-22-2/h3-6,12,15H,7-11H2,1-2H3,(H2,18,21)/t12-,15-/m1/s1. The van der Waals surface area contributed by atoms with E-state index < -0.39 is 0 Å². The number of ether oxygens (including phenoxy) is 2. The van der Waals surface area contributed by atoms with Crippen LogP contribution in [0.4, 0.5) is 0 Å². The fourth-order valence-electron chi connectivity index (χ4n) is 2.77. The maximum Gasteiger partial charge on any atom is 0.227 e. The number of primary amides is 1. The quantitative estimate of drug-likeness (QED) is 0.755. The average molecular weight is 320 g/mol. The van der Waals surface area contributed by atoms with E-state index in [2.05, 4.69) is 0 Å². The highest BCUT2D eigenvalue weighted by molar-refractivity contribution is 5.82. The number of carbonyl (C=O) groups excluding carboxylic acids is 2. The van der Waals surface area contributed by atoms with Gasteiger partial charge in [-0.05, 0) is 23.6 Å². The van der Waals surface area contributed by atoms with Gasteiger partial charge in [0.05, 0.1) is 18.9 Å². The van der Waals surface area contributed by atoms with E-state index in [1.165, 1.54) is 0 Å². The molecule has 6 nitrogen and oxygen atoms in total. The number of nitrogens with zero attached hydrogens (tertiary/aromatic N) is 1. The molecular weight excluding hydrogens is 296 g/mol. The fraction of sp³-hybridized carbons (Fsp3) is 0.529. The van der Waals surface area contributed by atoms with Crippen molar-refractivity contribution < 1.29 is 19.1 Å². The second-order valence-electron chi connectivity index (χ2n) is 5.95. The number of hydrogen-bond acceptors (Lipinski definition) is 4. The number of amides is 2. The molecule has 1 aliphatic heterocycles. The van der Waals surface area contributed by atoms with Crippen molar-refractivity contribution in [2.75, 3.05) is 33.4 Å². The van der Waals surface area contributed by atoms with Gasteiger partial charge in [-0.2, -0.15) is 0 Å². The zero-order valence-electron chi connectivity index (χ0n) is 13.7.